The van der Waals surface area contributed by atoms with Gasteiger partial charge in [0.15, 0.2) is 0 Å². The lowest BCUT2D eigenvalue weighted by molar-refractivity contribution is 0.326. The van der Waals surface area contributed by atoms with Gasteiger partial charge in [0.25, 0.3) is 10.0 Å². The third-order valence-electron chi connectivity index (χ3n) is 2.77. The van der Waals surface area contributed by atoms with Crippen LogP contribution in [0.15, 0.2) is 35.5 Å². The molecule has 0 unspecified atom stereocenters. The second-order valence-corrected chi connectivity index (χ2v) is 6.11. The molecule has 0 fully saturated rings. The van der Waals surface area contributed by atoms with Crippen molar-refractivity contribution in [1.82, 2.24) is 15.0 Å². The minimum absolute atomic E-state index is 0.00762. The molecule has 0 amide bonds. The van der Waals surface area contributed by atoms with Crippen molar-refractivity contribution in [3.05, 3.63) is 30.6 Å². The number of methoxy groups -OCH3 is 1. The van der Waals surface area contributed by atoms with E-state index in [1.165, 1.54) is 44.8 Å². The van der Waals surface area contributed by atoms with Crippen LogP contribution in [-0.2, 0) is 10.0 Å². The summed E-state index contributed by atoms with van der Waals surface area (Å²) in [6.07, 6.45) is 2.65. The Balaban J connectivity index is 2.32. The van der Waals surface area contributed by atoms with Crippen molar-refractivity contribution >= 4 is 16.0 Å². The van der Waals surface area contributed by atoms with Crippen LogP contribution in [0, 0.1) is 0 Å². The van der Waals surface area contributed by atoms with Gasteiger partial charge in [-0.25, -0.2) is 22.7 Å². The Hall–Kier alpha value is -2.42. The number of ether oxygens (including phenoxy) is 2. The quantitative estimate of drug-likeness (QED) is 0.785. The zero-order chi connectivity index (χ0) is 16.2. The zero-order valence-electron chi connectivity index (χ0n) is 12.4. The monoisotopic (exact) mass is 324 g/mol. The lowest BCUT2D eigenvalue weighted by atomic mass is 10.5. The molecule has 0 N–H and O–H groups in total. The highest BCUT2D eigenvalue weighted by Gasteiger charge is 2.24. The molecule has 9 heteroatoms. The van der Waals surface area contributed by atoms with Crippen LogP contribution in [0.5, 0.6) is 11.8 Å². The number of nitrogens with zero attached hydrogens (tertiary/aromatic N) is 4. The normalized spacial score (nSPS) is 11.0. The van der Waals surface area contributed by atoms with Crippen LogP contribution in [0.4, 0.5) is 5.95 Å². The fourth-order valence-electron chi connectivity index (χ4n) is 1.62. The summed E-state index contributed by atoms with van der Waals surface area (Å²) >= 11 is 0. The summed E-state index contributed by atoms with van der Waals surface area (Å²) < 4.78 is 36.2. The molecule has 0 saturated carbocycles. The molecule has 0 saturated heterocycles. The summed E-state index contributed by atoms with van der Waals surface area (Å²) in [5.41, 5.74) is 0. The summed E-state index contributed by atoms with van der Waals surface area (Å²) in [6.45, 7) is 2.27. The van der Waals surface area contributed by atoms with E-state index in [-0.39, 0.29) is 16.7 Å². The van der Waals surface area contributed by atoms with Crippen LogP contribution in [-0.4, -0.2) is 44.1 Å². The Morgan fingerprint density at radius 1 is 1.18 bits per heavy atom. The SMILES string of the molecule is CCOc1ccc(S(=O)(=O)N(C)c2nccc(OC)n2)cn1. The zero-order valence-corrected chi connectivity index (χ0v) is 13.2. The van der Waals surface area contributed by atoms with Crippen LogP contribution in [0.25, 0.3) is 0 Å². The van der Waals surface area contributed by atoms with Crippen molar-refractivity contribution in [3.8, 4) is 11.8 Å². The van der Waals surface area contributed by atoms with E-state index in [1.54, 1.807) is 0 Å². The van der Waals surface area contributed by atoms with Crippen molar-refractivity contribution in [2.45, 2.75) is 11.8 Å². The summed E-state index contributed by atoms with van der Waals surface area (Å²) in [5.74, 6) is 0.645. The summed E-state index contributed by atoms with van der Waals surface area (Å²) in [5, 5.41) is 0. The number of sulfonamides is 1. The number of hydrogen-bond acceptors (Lipinski definition) is 7. The molecule has 2 aromatic heterocycles. The predicted octanol–water partition coefficient (Wildman–Crippen LogP) is 1.10. The lowest BCUT2D eigenvalue weighted by Crippen LogP contribution is -2.28. The molecule has 0 atom stereocenters. The van der Waals surface area contributed by atoms with Gasteiger partial charge >= 0.3 is 0 Å². The smallest absolute Gasteiger partial charge is 0.267 e. The molecule has 0 aliphatic rings. The van der Waals surface area contributed by atoms with E-state index in [2.05, 4.69) is 15.0 Å². The van der Waals surface area contributed by atoms with E-state index in [0.717, 1.165) is 4.31 Å². The van der Waals surface area contributed by atoms with E-state index < -0.39 is 10.0 Å². The molecular weight excluding hydrogens is 308 g/mol. The number of aromatic nitrogens is 3. The van der Waals surface area contributed by atoms with Gasteiger partial charge in [-0.2, -0.15) is 4.98 Å². The third-order valence-corrected chi connectivity index (χ3v) is 4.49. The minimum atomic E-state index is -3.81. The Labute approximate surface area is 128 Å². The standard InChI is InChI=1S/C13H16N4O4S/c1-4-21-11-6-5-10(9-15-11)22(18,19)17(2)13-14-8-7-12(16-13)20-3/h5-9H,4H2,1-3H3. The Morgan fingerprint density at radius 3 is 2.55 bits per heavy atom. The van der Waals surface area contributed by atoms with E-state index in [4.69, 9.17) is 9.47 Å². The number of hydrogen-bond donors (Lipinski definition) is 0. The molecule has 22 heavy (non-hydrogen) atoms. The molecule has 2 aromatic rings. The van der Waals surface area contributed by atoms with Gasteiger partial charge in [-0.05, 0) is 13.0 Å². The molecule has 0 spiro atoms. The Kier molecular flexibility index (Phi) is 4.76. The van der Waals surface area contributed by atoms with E-state index in [9.17, 15) is 8.42 Å². The molecule has 0 bridgehead atoms. The highest BCUT2D eigenvalue weighted by Crippen LogP contribution is 2.20. The first-order valence-corrected chi connectivity index (χ1v) is 7.88. The van der Waals surface area contributed by atoms with Crippen molar-refractivity contribution < 1.29 is 17.9 Å². The lowest BCUT2D eigenvalue weighted by Gasteiger charge is -2.17. The summed E-state index contributed by atoms with van der Waals surface area (Å²) in [4.78, 5) is 11.9. The van der Waals surface area contributed by atoms with Gasteiger partial charge in [0, 0.05) is 25.4 Å². The van der Waals surface area contributed by atoms with Gasteiger partial charge in [-0.3, -0.25) is 0 Å². The van der Waals surface area contributed by atoms with Gasteiger partial charge in [-0.1, -0.05) is 0 Å². The summed E-state index contributed by atoms with van der Waals surface area (Å²) in [7, 11) is -1.01. The largest absolute Gasteiger partial charge is 0.481 e. The number of anilines is 1. The van der Waals surface area contributed by atoms with Gasteiger partial charge in [-0.15, -0.1) is 0 Å². The number of pyridine rings is 1. The van der Waals surface area contributed by atoms with E-state index in [1.807, 2.05) is 6.92 Å². The maximum atomic E-state index is 12.5. The molecule has 0 aliphatic heterocycles. The van der Waals surface area contributed by atoms with E-state index in [0.29, 0.717) is 12.5 Å². The van der Waals surface area contributed by atoms with Crippen LogP contribution < -0.4 is 13.8 Å². The van der Waals surface area contributed by atoms with Crippen LogP contribution >= 0.6 is 0 Å². The molecule has 0 radical (unpaired) electrons. The first-order valence-electron chi connectivity index (χ1n) is 6.44. The molecule has 8 nitrogen and oxygen atoms in total. The second-order valence-electron chi connectivity index (χ2n) is 4.14. The predicted molar refractivity (Wildman–Crippen MR) is 79.6 cm³/mol. The second kappa shape index (κ2) is 6.56. The molecule has 2 rings (SSSR count). The van der Waals surface area contributed by atoms with Gasteiger partial charge < -0.3 is 9.47 Å². The van der Waals surface area contributed by atoms with Crippen LogP contribution in [0.2, 0.25) is 0 Å². The molecule has 0 aromatic carbocycles. The first-order chi connectivity index (χ1) is 10.5. The van der Waals surface area contributed by atoms with E-state index >= 15 is 0 Å². The van der Waals surface area contributed by atoms with Gasteiger partial charge in [0.05, 0.1) is 19.9 Å². The fraction of sp³-hybridized carbons (Fsp3) is 0.308. The highest BCUT2D eigenvalue weighted by molar-refractivity contribution is 7.92. The van der Waals surface area contributed by atoms with Crippen molar-refractivity contribution in [1.29, 1.82) is 0 Å². The fourth-order valence-corrected chi connectivity index (χ4v) is 2.66. The van der Waals surface area contributed by atoms with Crippen LogP contribution in [0.3, 0.4) is 0 Å². The maximum absolute atomic E-state index is 12.5. The van der Waals surface area contributed by atoms with Crippen molar-refractivity contribution in [2.75, 3.05) is 25.1 Å². The molecular formula is C13H16N4O4S. The highest BCUT2D eigenvalue weighted by atomic mass is 32.2. The van der Waals surface area contributed by atoms with Gasteiger partial charge in [0.1, 0.15) is 4.90 Å². The first kappa shape index (κ1) is 16.0. The molecule has 118 valence electrons. The maximum Gasteiger partial charge on any atom is 0.267 e. The molecule has 0 aliphatic carbocycles. The third kappa shape index (κ3) is 3.25. The Bertz CT molecular complexity index is 734. The van der Waals surface area contributed by atoms with Crippen molar-refractivity contribution in [3.63, 3.8) is 0 Å². The van der Waals surface area contributed by atoms with Crippen molar-refractivity contribution in [2.24, 2.45) is 0 Å². The Morgan fingerprint density at radius 2 is 1.95 bits per heavy atom. The summed E-state index contributed by atoms with van der Waals surface area (Å²) in [6, 6.07) is 4.45. The average Bonchev–Trinajstić information content (AvgIpc) is 2.55. The van der Waals surface area contributed by atoms with Gasteiger partial charge in [0.2, 0.25) is 17.7 Å². The molecule has 2 heterocycles. The minimum Gasteiger partial charge on any atom is -0.481 e. The number of rotatable bonds is 6. The van der Waals surface area contributed by atoms with Crippen LogP contribution in [0.1, 0.15) is 6.92 Å². The average molecular weight is 324 g/mol. The topological polar surface area (TPSA) is 94.5 Å².